The van der Waals surface area contributed by atoms with Crippen LogP contribution in [0, 0.1) is 11.3 Å². The van der Waals surface area contributed by atoms with Gasteiger partial charge in [-0.15, -0.1) is 0 Å². The number of rotatable bonds is 4. The number of nitrogens with zero attached hydrogens (tertiary/aromatic N) is 2. The molecule has 16 heavy (non-hydrogen) atoms. The normalized spacial score (nSPS) is 11.9. The van der Waals surface area contributed by atoms with Gasteiger partial charge in [0.2, 0.25) is 0 Å². The van der Waals surface area contributed by atoms with Crippen molar-refractivity contribution in [2.24, 2.45) is 0 Å². The van der Waals surface area contributed by atoms with E-state index >= 15 is 0 Å². The van der Waals surface area contributed by atoms with Crippen molar-refractivity contribution in [2.75, 3.05) is 11.9 Å². The van der Waals surface area contributed by atoms with E-state index < -0.39 is 0 Å². The van der Waals surface area contributed by atoms with E-state index in [1.165, 1.54) is 0 Å². The molecule has 0 aliphatic rings. The molecular weight excluding hydrogens is 220 g/mol. The number of hydrogen-bond acceptors (Lipinski definition) is 2. The van der Waals surface area contributed by atoms with Gasteiger partial charge in [0.05, 0.1) is 16.3 Å². The fraction of sp³-hybridized carbons (Fsp3) is 0.462. The fourth-order valence-corrected chi connectivity index (χ4v) is 1.98. The van der Waals surface area contributed by atoms with Crippen LogP contribution in [0.2, 0.25) is 5.02 Å². The van der Waals surface area contributed by atoms with Crippen molar-refractivity contribution >= 4 is 17.3 Å². The van der Waals surface area contributed by atoms with Crippen molar-refractivity contribution in [3.63, 3.8) is 0 Å². The van der Waals surface area contributed by atoms with E-state index in [1.807, 2.05) is 19.2 Å². The zero-order valence-electron chi connectivity index (χ0n) is 10.00. The van der Waals surface area contributed by atoms with Gasteiger partial charge in [0.1, 0.15) is 6.07 Å². The summed E-state index contributed by atoms with van der Waals surface area (Å²) in [6.07, 6.45) is 2.24. The van der Waals surface area contributed by atoms with Crippen molar-refractivity contribution in [3.8, 4) is 6.07 Å². The third-order valence-corrected chi connectivity index (χ3v) is 3.17. The van der Waals surface area contributed by atoms with Crippen LogP contribution in [0.25, 0.3) is 0 Å². The van der Waals surface area contributed by atoms with Gasteiger partial charge in [0.25, 0.3) is 0 Å². The Hall–Kier alpha value is -1.20. The zero-order valence-corrected chi connectivity index (χ0v) is 10.8. The Labute approximate surface area is 102 Å². The minimum Gasteiger partial charge on any atom is -0.371 e. The van der Waals surface area contributed by atoms with Gasteiger partial charge in [-0.3, -0.25) is 0 Å². The molecule has 1 unspecified atom stereocenters. The molecule has 1 aromatic rings. The highest BCUT2D eigenvalue weighted by Crippen LogP contribution is 2.27. The number of halogens is 1. The van der Waals surface area contributed by atoms with E-state index in [0.29, 0.717) is 16.6 Å². The molecule has 0 spiro atoms. The first-order chi connectivity index (χ1) is 7.61. The Morgan fingerprint density at radius 2 is 2.19 bits per heavy atom. The summed E-state index contributed by atoms with van der Waals surface area (Å²) in [6, 6.07) is 8.16. The van der Waals surface area contributed by atoms with E-state index in [4.69, 9.17) is 16.9 Å². The van der Waals surface area contributed by atoms with Crippen molar-refractivity contribution in [3.05, 3.63) is 28.8 Å². The summed E-state index contributed by atoms with van der Waals surface area (Å²) < 4.78 is 0. The molecule has 1 rings (SSSR count). The maximum absolute atomic E-state index is 9.10. The van der Waals surface area contributed by atoms with Crippen LogP contribution < -0.4 is 4.90 Å². The van der Waals surface area contributed by atoms with Gasteiger partial charge < -0.3 is 4.90 Å². The second-order valence-electron chi connectivity index (χ2n) is 3.99. The van der Waals surface area contributed by atoms with Crippen LogP contribution in [-0.2, 0) is 0 Å². The third-order valence-electron chi connectivity index (χ3n) is 2.85. The van der Waals surface area contributed by atoms with Crippen molar-refractivity contribution in [2.45, 2.75) is 32.7 Å². The molecule has 86 valence electrons. The highest BCUT2D eigenvalue weighted by atomic mass is 35.5. The van der Waals surface area contributed by atoms with Crippen LogP contribution in [0.15, 0.2) is 18.2 Å². The molecule has 3 heteroatoms. The molecule has 0 aliphatic heterocycles. The van der Waals surface area contributed by atoms with E-state index in [9.17, 15) is 0 Å². The lowest BCUT2D eigenvalue weighted by Gasteiger charge is -2.27. The van der Waals surface area contributed by atoms with Crippen molar-refractivity contribution < 1.29 is 0 Å². The van der Waals surface area contributed by atoms with E-state index in [1.54, 1.807) is 6.07 Å². The van der Waals surface area contributed by atoms with Crippen molar-refractivity contribution in [1.29, 1.82) is 5.26 Å². The van der Waals surface area contributed by atoms with Crippen LogP contribution in [0.3, 0.4) is 0 Å². The molecule has 0 saturated heterocycles. The molecule has 0 aromatic heterocycles. The minimum absolute atomic E-state index is 0.413. The maximum Gasteiger partial charge on any atom is 0.103 e. The Kier molecular flexibility index (Phi) is 4.64. The molecule has 0 fully saturated rings. The zero-order chi connectivity index (χ0) is 12.1. The van der Waals surface area contributed by atoms with Gasteiger partial charge in [0.15, 0.2) is 0 Å². The summed E-state index contributed by atoms with van der Waals surface area (Å²) in [5, 5.41) is 9.62. The predicted molar refractivity (Wildman–Crippen MR) is 68.9 cm³/mol. The third kappa shape index (κ3) is 2.68. The molecule has 0 heterocycles. The first-order valence-corrected chi connectivity index (χ1v) is 5.91. The lowest BCUT2D eigenvalue weighted by molar-refractivity contribution is 0.616. The highest BCUT2D eigenvalue weighted by Gasteiger charge is 2.14. The topological polar surface area (TPSA) is 27.0 Å². The summed E-state index contributed by atoms with van der Waals surface area (Å²) >= 11 is 6.01. The minimum atomic E-state index is 0.413. The number of benzene rings is 1. The van der Waals surface area contributed by atoms with Crippen LogP contribution in [0.1, 0.15) is 32.3 Å². The van der Waals surface area contributed by atoms with E-state index in [-0.39, 0.29) is 0 Å². The SMILES string of the molecule is CCCC(C)N(C)c1cccc(Cl)c1C#N. The summed E-state index contributed by atoms with van der Waals surface area (Å²) in [5.74, 6) is 0. The highest BCUT2D eigenvalue weighted by molar-refractivity contribution is 6.32. The van der Waals surface area contributed by atoms with Crippen LogP contribution in [0.4, 0.5) is 5.69 Å². The standard InChI is InChI=1S/C13H17ClN2/c1-4-6-10(2)16(3)13-8-5-7-12(14)11(13)9-15/h5,7-8,10H,4,6H2,1-3H3. The van der Waals surface area contributed by atoms with Crippen molar-refractivity contribution in [1.82, 2.24) is 0 Å². The average molecular weight is 237 g/mol. The van der Waals surface area contributed by atoms with Crippen LogP contribution in [-0.4, -0.2) is 13.1 Å². The predicted octanol–water partition coefficient (Wildman–Crippen LogP) is 3.84. The first kappa shape index (κ1) is 12.9. The van der Waals surface area contributed by atoms with E-state index in [0.717, 1.165) is 18.5 Å². The molecule has 1 aromatic carbocycles. The van der Waals surface area contributed by atoms with Gasteiger partial charge >= 0.3 is 0 Å². The van der Waals surface area contributed by atoms with Gasteiger partial charge in [-0.05, 0) is 25.5 Å². The number of nitriles is 1. The molecule has 0 saturated carbocycles. The lowest BCUT2D eigenvalue weighted by Crippen LogP contribution is -2.29. The molecule has 0 amide bonds. The smallest absolute Gasteiger partial charge is 0.103 e. The van der Waals surface area contributed by atoms with Gasteiger partial charge in [-0.2, -0.15) is 5.26 Å². The lowest BCUT2D eigenvalue weighted by atomic mass is 10.1. The maximum atomic E-state index is 9.10. The fourth-order valence-electron chi connectivity index (χ4n) is 1.77. The Bertz CT molecular complexity index is 395. The summed E-state index contributed by atoms with van der Waals surface area (Å²) in [5.41, 5.74) is 1.48. The Morgan fingerprint density at radius 1 is 1.50 bits per heavy atom. The summed E-state index contributed by atoms with van der Waals surface area (Å²) in [7, 11) is 2.01. The summed E-state index contributed by atoms with van der Waals surface area (Å²) in [4.78, 5) is 2.12. The van der Waals surface area contributed by atoms with Crippen LogP contribution >= 0.6 is 11.6 Å². The Balaban J connectivity index is 3.04. The average Bonchev–Trinajstić information content (AvgIpc) is 2.28. The number of anilines is 1. The molecule has 0 aliphatic carbocycles. The van der Waals surface area contributed by atoms with Crippen LogP contribution in [0.5, 0.6) is 0 Å². The molecule has 0 N–H and O–H groups in total. The largest absolute Gasteiger partial charge is 0.371 e. The quantitative estimate of drug-likeness (QED) is 0.794. The summed E-state index contributed by atoms with van der Waals surface area (Å²) in [6.45, 7) is 4.32. The van der Waals surface area contributed by atoms with E-state index in [2.05, 4.69) is 24.8 Å². The first-order valence-electron chi connectivity index (χ1n) is 5.53. The monoisotopic (exact) mass is 236 g/mol. The molecule has 0 radical (unpaired) electrons. The second kappa shape index (κ2) is 5.77. The van der Waals surface area contributed by atoms with Gasteiger partial charge in [-0.1, -0.05) is 31.0 Å². The molecule has 1 atom stereocenters. The molecular formula is C13H17ClN2. The second-order valence-corrected chi connectivity index (χ2v) is 4.40. The van der Waals surface area contributed by atoms with Gasteiger partial charge in [0, 0.05) is 13.1 Å². The van der Waals surface area contributed by atoms with Gasteiger partial charge in [-0.25, -0.2) is 0 Å². The molecule has 0 bridgehead atoms. The Morgan fingerprint density at radius 3 is 2.75 bits per heavy atom. The molecule has 2 nitrogen and oxygen atoms in total. The number of hydrogen-bond donors (Lipinski definition) is 0.